The number of hydrogen-bond donors (Lipinski definition) is 1. The number of aromatic nitrogens is 3. The van der Waals surface area contributed by atoms with Crippen molar-refractivity contribution in [3.63, 3.8) is 0 Å². The second-order valence-electron chi connectivity index (χ2n) is 6.49. The number of nitrogens with zero attached hydrogens (tertiary/aromatic N) is 3. The molecule has 0 fully saturated rings. The number of carbonyl (C=O) groups is 1. The predicted molar refractivity (Wildman–Crippen MR) is 117 cm³/mol. The van der Waals surface area contributed by atoms with Crippen molar-refractivity contribution in [3.05, 3.63) is 65.3 Å². The first-order valence-corrected chi connectivity index (χ1v) is 9.64. The average molecular weight is 439 g/mol. The van der Waals surface area contributed by atoms with Crippen molar-refractivity contribution >= 4 is 28.8 Å². The molecule has 0 aliphatic heterocycles. The van der Waals surface area contributed by atoms with Gasteiger partial charge in [-0.25, -0.2) is 9.50 Å². The minimum atomic E-state index is -0.379. The maximum absolute atomic E-state index is 12.9. The third kappa shape index (κ3) is 3.97. The standard InChI is InChI=1S/C22H19ClN4O4/c1-29-18-6-4-5-14(21(18)31-3)22(28)25-16-11-13(7-8-15(16)23)17-12-27-19(24-17)9-10-20(26-27)30-2/h4-12H,1-3H3,(H,25,28). The van der Waals surface area contributed by atoms with E-state index < -0.39 is 0 Å². The number of imidazole rings is 1. The van der Waals surface area contributed by atoms with Crippen molar-refractivity contribution in [2.45, 2.75) is 0 Å². The van der Waals surface area contributed by atoms with Gasteiger partial charge in [0.25, 0.3) is 5.91 Å². The lowest BCUT2D eigenvalue weighted by Gasteiger charge is -2.13. The Labute approximate surface area is 183 Å². The Bertz CT molecular complexity index is 1270. The molecular weight excluding hydrogens is 420 g/mol. The number of amides is 1. The smallest absolute Gasteiger partial charge is 0.259 e. The molecule has 2 aromatic carbocycles. The van der Waals surface area contributed by atoms with Gasteiger partial charge in [-0.2, -0.15) is 0 Å². The number of fused-ring (bicyclic) bond motifs is 1. The van der Waals surface area contributed by atoms with E-state index in [-0.39, 0.29) is 5.91 Å². The highest BCUT2D eigenvalue weighted by molar-refractivity contribution is 6.34. The molecule has 4 aromatic rings. The Morgan fingerprint density at radius 2 is 1.87 bits per heavy atom. The number of hydrogen-bond acceptors (Lipinski definition) is 6. The van der Waals surface area contributed by atoms with Gasteiger partial charge in [-0.3, -0.25) is 4.79 Å². The molecule has 2 aromatic heterocycles. The molecule has 4 rings (SSSR count). The molecule has 0 atom stereocenters. The lowest BCUT2D eigenvalue weighted by atomic mass is 10.1. The zero-order valence-corrected chi connectivity index (χ0v) is 17.8. The molecule has 0 bridgehead atoms. The van der Waals surface area contributed by atoms with Crippen molar-refractivity contribution in [3.8, 4) is 28.6 Å². The SMILES string of the molecule is COc1ccc2nc(-c3ccc(Cl)c(NC(=O)c4cccc(OC)c4OC)c3)cn2n1. The lowest BCUT2D eigenvalue weighted by Crippen LogP contribution is -2.14. The molecule has 0 aliphatic rings. The monoisotopic (exact) mass is 438 g/mol. The molecule has 0 saturated carbocycles. The number of halogens is 1. The van der Waals surface area contributed by atoms with E-state index in [9.17, 15) is 4.79 Å². The van der Waals surface area contributed by atoms with Crippen LogP contribution >= 0.6 is 11.6 Å². The van der Waals surface area contributed by atoms with Crippen molar-refractivity contribution in [2.24, 2.45) is 0 Å². The third-order valence-corrected chi connectivity index (χ3v) is 4.99. The van der Waals surface area contributed by atoms with Gasteiger partial charge >= 0.3 is 0 Å². The van der Waals surface area contributed by atoms with E-state index in [2.05, 4.69) is 15.4 Å². The van der Waals surface area contributed by atoms with Gasteiger partial charge in [-0.15, -0.1) is 5.10 Å². The molecule has 9 heteroatoms. The summed E-state index contributed by atoms with van der Waals surface area (Å²) in [6.07, 6.45) is 1.78. The van der Waals surface area contributed by atoms with Crippen molar-refractivity contribution < 1.29 is 19.0 Å². The van der Waals surface area contributed by atoms with Crippen LogP contribution in [0, 0.1) is 0 Å². The topological polar surface area (TPSA) is 87.0 Å². The van der Waals surface area contributed by atoms with Crippen LogP contribution in [0.1, 0.15) is 10.4 Å². The van der Waals surface area contributed by atoms with Gasteiger partial charge in [0.1, 0.15) is 0 Å². The van der Waals surface area contributed by atoms with E-state index in [0.717, 1.165) is 5.56 Å². The number of nitrogens with one attached hydrogen (secondary N) is 1. The van der Waals surface area contributed by atoms with Gasteiger partial charge in [-0.05, 0) is 30.3 Å². The first kappa shape index (κ1) is 20.5. The summed E-state index contributed by atoms with van der Waals surface area (Å²) < 4.78 is 17.4. The number of rotatable bonds is 6. The van der Waals surface area contributed by atoms with Crippen molar-refractivity contribution in [1.82, 2.24) is 14.6 Å². The number of anilines is 1. The first-order valence-electron chi connectivity index (χ1n) is 9.26. The normalized spacial score (nSPS) is 10.7. The number of ether oxygens (including phenoxy) is 3. The molecule has 0 radical (unpaired) electrons. The molecule has 31 heavy (non-hydrogen) atoms. The largest absolute Gasteiger partial charge is 0.493 e. The van der Waals surface area contributed by atoms with E-state index in [1.54, 1.807) is 54.2 Å². The molecule has 0 unspecified atom stereocenters. The highest BCUT2D eigenvalue weighted by Crippen LogP contribution is 2.33. The van der Waals surface area contributed by atoms with Crippen molar-refractivity contribution in [2.75, 3.05) is 26.6 Å². The Hall–Kier alpha value is -3.78. The van der Waals surface area contributed by atoms with Crippen molar-refractivity contribution in [1.29, 1.82) is 0 Å². The van der Waals surface area contributed by atoms with E-state index in [4.69, 9.17) is 25.8 Å². The van der Waals surface area contributed by atoms with Crippen LogP contribution in [0.2, 0.25) is 5.02 Å². The summed E-state index contributed by atoms with van der Waals surface area (Å²) >= 11 is 6.34. The molecule has 2 heterocycles. The molecular formula is C22H19ClN4O4. The van der Waals surface area contributed by atoms with Crippen LogP contribution in [0.5, 0.6) is 17.4 Å². The summed E-state index contributed by atoms with van der Waals surface area (Å²) in [7, 11) is 4.55. The molecule has 1 amide bonds. The Morgan fingerprint density at radius 1 is 1.03 bits per heavy atom. The van der Waals surface area contributed by atoms with Gasteiger partial charge in [0.15, 0.2) is 17.1 Å². The Morgan fingerprint density at radius 3 is 2.61 bits per heavy atom. The van der Waals surface area contributed by atoms with E-state index in [1.807, 2.05) is 12.1 Å². The predicted octanol–water partition coefficient (Wildman–Crippen LogP) is 4.33. The summed E-state index contributed by atoms with van der Waals surface area (Å²) in [5.74, 6) is 0.904. The third-order valence-electron chi connectivity index (χ3n) is 4.66. The minimum Gasteiger partial charge on any atom is -0.493 e. The number of carbonyl (C=O) groups excluding carboxylic acids is 1. The summed E-state index contributed by atoms with van der Waals surface area (Å²) in [6, 6.07) is 13.9. The fraction of sp³-hybridized carbons (Fsp3) is 0.136. The second kappa shape index (κ2) is 8.53. The quantitative estimate of drug-likeness (QED) is 0.482. The van der Waals surface area contributed by atoms with E-state index >= 15 is 0 Å². The fourth-order valence-electron chi connectivity index (χ4n) is 3.15. The van der Waals surface area contributed by atoms with Crippen LogP contribution in [0.3, 0.4) is 0 Å². The average Bonchev–Trinajstić information content (AvgIpc) is 3.23. The number of benzene rings is 2. The Kier molecular flexibility index (Phi) is 5.64. The molecule has 1 N–H and O–H groups in total. The highest BCUT2D eigenvalue weighted by Gasteiger charge is 2.18. The van der Waals surface area contributed by atoms with Crippen LogP contribution in [-0.2, 0) is 0 Å². The fourth-order valence-corrected chi connectivity index (χ4v) is 3.31. The number of methoxy groups -OCH3 is 3. The zero-order chi connectivity index (χ0) is 22.0. The molecule has 158 valence electrons. The summed E-state index contributed by atoms with van der Waals surface area (Å²) in [5.41, 5.74) is 2.87. The summed E-state index contributed by atoms with van der Waals surface area (Å²) in [5, 5.41) is 7.54. The molecule has 0 aliphatic carbocycles. The van der Waals surface area contributed by atoms with Gasteiger partial charge in [0.2, 0.25) is 5.88 Å². The Balaban J connectivity index is 1.67. The second-order valence-corrected chi connectivity index (χ2v) is 6.90. The number of para-hydroxylation sites is 1. The van der Waals surface area contributed by atoms with E-state index in [1.165, 1.54) is 14.2 Å². The van der Waals surface area contributed by atoms with Crippen LogP contribution in [0.4, 0.5) is 5.69 Å². The summed E-state index contributed by atoms with van der Waals surface area (Å²) in [4.78, 5) is 17.5. The van der Waals surface area contributed by atoms with Gasteiger partial charge < -0.3 is 19.5 Å². The maximum atomic E-state index is 12.9. The van der Waals surface area contributed by atoms with Gasteiger partial charge in [-0.1, -0.05) is 23.7 Å². The minimum absolute atomic E-state index is 0.326. The lowest BCUT2D eigenvalue weighted by molar-refractivity contribution is 0.102. The van der Waals surface area contributed by atoms with Crippen LogP contribution < -0.4 is 19.5 Å². The van der Waals surface area contributed by atoms with Gasteiger partial charge in [0, 0.05) is 11.6 Å². The zero-order valence-electron chi connectivity index (χ0n) is 17.0. The highest BCUT2D eigenvalue weighted by atomic mass is 35.5. The van der Waals surface area contributed by atoms with Crippen LogP contribution in [0.25, 0.3) is 16.9 Å². The van der Waals surface area contributed by atoms with E-state index in [0.29, 0.717) is 45.0 Å². The maximum Gasteiger partial charge on any atom is 0.259 e. The summed E-state index contributed by atoms with van der Waals surface area (Å²) in [6.45, 7) is 0. The first-order chi connectivity index (χ1) is 15.0. The molecule has 0 saturated heterocycles. The van der Waals surface area contributed by atoms with Crippen LogP contribution in [-0.4, -0.2) is 41.8 Å². The molecule has 8 nitrogen and oxygen atoms in total. The molecule has 0 spiro atoms. The van der Waals surface area contributed by atoms with Crippen LogP contribution in [0.15, 0.2) is 54.7 Å². The van der Waals surface area contributed by atoms with Gasteiger partial charge in [0.05, 0.1) is 49.5 Å².